The summed E-state index contributed by atoms with van der Waals surface area (Å²) < 4.78 is 2.45. The molecule has 2 aliphatic heterocycles. The Morgan fingerprint density at radius 3 is 1.47 bits per heavy atom. The molecule has 0 saturated carbocycles. The first-order chi connectivity index (χ1) is 31.8. The van der Waals surface area contributed by atoms with Gasteiger partial charge in [0.1, 0.15) is 13.1 Å². The van der Waals surface area contributed by atoms with E-state index in [1.165, 1.54) is 283 Å². The Morgan fingerprint density at radius 1 is 0.484 bits per heavy atom. The summed E-state index contributed by atoms with van der Waals surface area (Å²) in [5.74, 6) is 1.53. The second-order valence-electron chi connectivity index (χ2n) is 20.2. The molecule has 0 aliphatic carbocycles. The van der Waals surface area contributed by atoms with Crippen LogP contribution in [0.4, 0.5) is 0 Å². The van der Waals surface area contributed by atoms with E-state index in [4.69, 9.17) is 11.5 Å². The van der Waals surface area contributed by atoms with E-state index < -0.39 is 0 Å². The first-order valence-corrected chi connectivity index (χ1v) is 28.8. The number of allylic oxidation sites excluding steroid dienone is 3. The summed E-state index contributed by atoms with van der Waals surface area (Å²) >= 11 is 0. The van der Waals surface area contributed by atoms with Gasteiger partial charge in [-0.1, -0.05) is 192 Å². The van der Waals surface area contributed by atoms with E-state index in [0.29, 0.717) is 0 Å². The van der Waals surface area contributed by atoms with Crippen LogP contribution in [-0.4, -0.2) is 69.7 Å². The lowest BCUT2D eigenvalue weighted by Crippen LogP contribution is -3.07. The first kappa shape index (κ1) is 58.6. The molecule has 0 amide bonds. The highest BCUT2D eigenvalue weighted by Crippen LogP contribution is 2.19. The predicted molar refractivity (Wildman–Crippen MR) is 284 cm³/mol. The Labute approximate surface area is 400 Å². The summed E-state index contributed by atoms with van der Waals surface area (Å²) in [4.78, 5) is 1.69. The van der Waals surface area contributed by atoms with Crippen LogP contribution in [0.3, 0.4) is 0 Å². The maximum atomic E-state index is 5.59. The number of nitrogens with zero attached hydrogens (tertiary/aromatic N) is 1. The van der Waals surface area contributed by atoms with Gasteiger partial charge in [-0.3, -0.25) is 6.08 Å². The Hall–Kier alpha value is -1.57. The lowest BCUT2D eigenvalue weighted by atomic mass is 9.98. The summed E-state index contributed by atoms with van der Waals surface area (Å²) in [5.41, 5.74) is 12.7. The molecule has 374 valence electrons. The summed E-state index contributed by atoms with van der Waals surface area (Å²) in [5, 5.41) is 7.05. The monoisotopic (exact) mass is 893 g/mol. The van der Waals surface area contributed by atoms with E-state index in [-0.39, 0.29) is 0 Å². The molecule has 2 aliphatic rings. The molecule has 2 rings (SSSR count). The predicted octanol–water partition coefficient (Wildman–Crippen LogP) is 13.4. The molecule has 6 nitrogen and oxygen atoms in total. The van der Waals surface area contributed by atoms with Crippen LogP contribution in [0, 0.1) is 12.5 Å². The van der Waals surface area contributed by atoms with Gasteiger partial charge in [0, 0.05) is 12.0 Å². The number of quaternary nitrogens is 1. The SMILES string of the molecule is NCCCCCCCCCCCCCCCC[NH+]1C=C(CCCCCCCCCCCC[C-]2C=C[CH-][N+](CCCCCCCCCCCCCCNCCCNCCCN)=C2)C=CC1. The zero-order chi connectivity index (χ0) is 45.3. The van der Waals surface area contributed by atoms with Crippen LogP contribution in [0.2, 0.25) is 0 Å². The van der Waals surface area contributed by atoms with E-state index in [1.807, 2.05) is 0 Å². The van der Waals surface area contributed by atoms with Crippen LogP contribution in [0.5, 0.6) is 0 Å². The highest BCUT2D eigenvalue weighted by atomic mass is 15.1. The third kappa shape index (κ3) is 39.6. The van der Waals surface area contributed by atoms with E-state index in [9.17, 15) is 0 Å². The van der Waals surface area contributed by atoms with Crippen molar-refractivity contribution in [3.05, 3.63) is 48.5 Å². The van der Waals surface area contributed by atoms with Gasteiger partial charge in [-0.2, -0.15) is 0 Å². The van der Waals surface area contributed by atoms with Crippen LogP contribution in [-0.2, 0) is 0 Å². The minimum absolute atomic E-state index is 0.790. The molecule has 0 fully saturated rings. The normalized spacial score (nSPS) is 15.0. The van der Waals surface area contributed by atoms with Gasteiger partial charge in [0.05, 0.1) is 12.7 Å². The van der Waals surface area contributed by atoms with Gasteiger partial charge in [0.25, 0.3) is 0 Å². The molecule has 0 bridgehead atoms. The molecule has 0 saturated heterocycles. The van der Waals surface area contributed by atoms with Crippen molar-refractivity contribution in [2.75, 3.05) is 58.9 Å². The lowest BCUT2D eigenvalue weighted by Gasteiger charge is -2.28. The lowest BCUT2D eigenvalue weighted by molar-refractivity contribution is -0.841. The summed E-state index contributed by atoms with van der Waals surface area (Å²) in [6, 6.07) is 0. The maximum absolute atomic E-state index is 5.59. The van der Waals surface area contributed by atoms with Crippen LogP contribution in [0.1, 0.15) is 257 Å². The number of hydrogen-bond acceptors (Lipinski definition) is 4. The van der Waals surface area contributed by atoms with Crippen molar-refractivity contribution in [3.63, 3.8) is 0 Å². The van der Waals surface area contributed by atoms with E-state index in [1.54, 1.807) is 10.5 Å². The molecule has 64 heavy (non-hydrogen) atoms. The summed E-state index contributed by atoms with van der Waals surface area (Å²) in [6.45, 7) is 12.1. The van der Waals surface area contributed by atoms with Gasteiger partial charge in [-0.05, 0) is 116 Å². The van der Waals surface area contributed by atoms with Crippen LogP contribution in [0.15, 0.2) is 36.1 Å². The fourth-order valence-corrected chi connectivity index (χ4v) is 9.74. The van der Waals surface area contributed by atoms with Crippen LogP contribution in [0.25, 0.3) is 0 Å². The molecule has 0 radical (unpaired) electrons. The van der Waals surface area contributed by atoms with Gasteiger partial charge < -0.3 is 37.7 Å². The van der Waals surface area contributed by atoms with Crippen molar-refractivity contribution < 1.29 is 9.48 Å². The van der Waals surface area contributed by atoms with Crippen molar-refractivity contribution in [3.8, 4) is 0 Å². The van der Waals surface area contributed by atoms with E-state index in [2.05, 4.69) is 58.5 Å². The molecular weight excluding hydrogens is 781 g/mol. The Bertz CT molecular complexity index is 1080. The highest BCUT2D eigenvalue weighted by molar-refractivity contribution is 5.74. The Balaban J connectivity index is 1.28. The van der Waals surface area contributed by atoms with E-state index in [0.717, 1.165) is 39.1 Å². The molecule has 2 heterocycles. The van der Waals surface area contributed by atoms with Gasteiger partial charge in [0.15, 0.2) is 0 Å². The van der Waals surface area contributed by atoms with Crippen molar-refractivity contribution in [2.24, 2.45) is 11.5 Å². The Morgan fingerprint density at radius 2 is 0.922 bits per heavy atom. The smallest absolute Gasteiger partial charge is 0.123 e. The van der Waals surface area contributed by atoms with E-state index >= 15 is 0 Å². The van der Waals surface area contributed by atoms with Crippen molar-refractivity contribution in [2.45, 2.75) is 257 Å². The van der Waals surface area contributed by atoms with Crippen LogP contribution >= 0.6 is 0 Å². The summed E-state index contributed by atoms with van der Waals surface area (Å²) in [7, 11) is 0. The number of rotatable bonds is 51. The molecule has 1 unspecified atom stereocenters. The average molecular weight is 894 g/mol. The summed E-state index contributed by atoms with van der Waals surface area (Å²) in [6.07, 6.45) is 69.9. The molecule has 0 aromatic rings. The topological polar surface area (TPSA) is 83.5 Å². The molecule has 0 aromatic heterocycles. The second kappa shape index (κ2) is 47.9. The highest BCUT2D eigenvalue weighted by Gasteiger charge is 2.10. The minimum Gasteiger partial charge on any atom is -0.343 e. The number of unbranched alkanes of at least 4 members (excludes halogenated alkanes) is 33. The fourth-order valence-electron chi connectivity index (χ4n) is 9.74. The fraction of sp³-hybridized carbons (Fsp3) is 0.845. The van der Waals surface area contributed by atoms with Gasteiger partial charge in [-0.15, -0.1) is 6.42 Å². The number of nitrogens with two attached hydrogens (primary N) is 2. The molecular formula is C58H112N6. The number of hydrogen-bond donors (Lipinski definition) is 5. The number of nitrogens with one attached hydrogen (secondary N) is 3. The van der Waals surface area contributed by atoms with Crippen LogP contribution < -0.4 is 27.0 Å². The maximum Gasteiger partial charge on any atom is 0.123 e. The Kier molecular flexibility index (Phi) is 43.8. The van der Waals surface area contributed by atoms with Crippen molar-refractivity contribution >= 4 is 6.21 Å². The molecule has 0 spiro atoms. The van der Waals surface area contributed by atoms with Gasteiger partial charge >= 0.3 is 0 Å². The quantitative estimate of drug-likeness (QED) is 0.0239. The molecule has 0 aromatic carbocycles. The van der Waals surface area contributed by atoms with Gasteiger partial charge in [-0.25, -0.2) is 5.92 Å². The zero-order valence-electron chi connectivity index (χ0n) is 42.8. The minimum atomic E-state index is 0.790. The third-order valence-corrected chi connectivity index (χ3v) is 13.9. The molecule has 6 heteroatoms. The standard InChI is InChI=1S/C58H111N6/c59-45-33-27-21-15-9-3-1-2-5-11-17-23-29-35-51-63-53-37-43-57(55-63)41-31-25-19-13-7-8-14-20-26-32-42-58-44-38-54-64(56-58)52-36-30-24-18-12-6-4-10-16-22-28-34-47-61-49-40-50-62-48-39-46-60/h37-38,43-44,54-56,61-62H,1-36,39-42,45-53,59-60H2/q-1/p+1. The van der Waals surface area contributed by atoms with Crippen molar-refractivity contribution in [1.29, 1.82) is 0 Å². The van der Waals surface area contributed by atoms with Crippen molar-refractivity contribution in [1.82, 2.24) is 10.6 Å². The first-order valence-electron chi connectivity index (χ1n) is 28.8. The molecule has 7 N–H and O–H groups in total. The van der Waals surface area contributed by atoms with Gasteiger partial charge in [0.2, 0.25) is 0 Å². The average Bonchev–Trinajstić information content (AvgIpc) is 3.31. The zero-order valence-corrected chi connectivity index (χ0v) is 42.8. The largest absolute Gasteiger partial charge is 0.343 e. The molecule has 1 atom stereocenters. The second-order valence-corrected chi connectivity index (χ2v) is 20.2. The third-order valence-electron chi connectivity index (χ3n) is 13.9.